The topological polar surface area (TPSA) is 66.6 Å². The Morgan fingerprint density at radius 2 is 2.16 bits per heavy atom. The minimum Gasteiger partial charge on any atom is -0.378 e. The van der Waals surface area contributed by atoms with Crippen LogP contribution in [0.15, 0.2) is 24.3 Å². The summed E-state index contributed by atoms with van der Waals surface area (Å²) in [5.41, 5.74) is 0.921. The molecule has 1 N–H and O–H groups in total. The molecule has 1 unspecified atom stereocenters. The molecule has 5 nitrogen and oxygen atoms in total. The van der Waals surface area contributed by atoms with Gasteiger partial charge in [0.05, 0.1) is 4.92 Å². The number of aliphatic hydroxyl groups is 1. The molecule has 2 rings (SSSR count). The number of benzene rings is 1. The van der Waals surface area contributed by atoms with Crippen molar-refractivity contribution in [3.63, 3.8) is 0 Å². The first-order valence-electron chi connectivity index (χ1n) is 6.53. The smallest absolute Gasteiger partial charge is 0.273 e. The standard InChI is InChI=1S/C14H20N2O3/c1-14(2)7-8-15(13(17)9-14)10-11-5-3-4-6-12(11)16(18)19/h3-6,13,17H,7-10H2,1-2H3. The third-order valence-electron chi connectivity index (χ3n) is 3.79. The third-order valence-corrected chi connectivity index (χ3v) is 3.79. The van der Waals surface area contributed by atoms with E-state index in [0.29, 0.717) is 18.5 Å². The van der Waals surface area contributed by atoms with Gasteiger partial charge >= 0.3 is 0 Å². The van der Waals surface area contributed by atoms with Crippen LogP contribution < -0.4 is 0 Å². The number of nitro benzene ring substituents is 1. The number of rotatable bonds is 3. The second-order valence-corrected chi connectivity index (χ2v) is 5.96. The molecule has 1 saturated heterocycles. The zero-order valence-corrected chi connectivity index (χ0v) is 11.4. The second kappa shape index (κ2) is 5.27. The minimum absolute atomic E-state index is 0.125. The van der Waals surface area contributed by atoms with Gasteiger partial charge in [0.15, 0.2) is 0 Å². The van der Waals surface area contributed by atoms with E-state index in [1.54, 1.807) is 18.2 Å². The molecule has 1 aromatic carbocycles. The number of nitrogens with zero attached hydrogens (tertiary/aromatic N) is 2. The molecule has 0 radical (unpaired) electrons. The van der Waals surface area contributed by atoms with Crippen LogP contribution in [-0.4, -0.2) is 27.7 Å². The summed E-state index contributed by atoms with van der Waals surface area (Å²) >= 11 is 0. The van der Waals surface area contributed by atoms with Gasteiger partial charge in [0.2, 0.25) is 0 Å². The highest BCUT2D eigenvalue weighted by atomic mass is 16.6. The van der Waals surface area contributed by atoms with Crippen LogP contribution in [0.5, 0.6) is 0 Å². The quantitative estimate of drug-likeness (QED) is 0.673. The number of hydrogen-bond acceptors (Lipinski definition) is 4. The predicted octanol–water partition coefficient (Wildman–Crippen LogP) is 2.54. The van der Waals surface area contributed by atoms with E-state index in [9.17, 15) is 15.2 Å². The van der Waals surface area contributed by atoms with Gasteiger partial charge in [-0.1, -0.05) is 32.0 Å². The van der Waals surface area contributed by atoms with Crippen LogP contribution in [0.3, 0.4) is 0 Å². The van der Waals surface area contributed by atoms with Crippen LogP contribution in [0.1, 0.15) is 32.3 Å². The monoisotopic (exact) mass is 264 g/mol. The highest BCUT2D eigenvalue weighted by Crippen LogP contribution is 2.34. The van der Waals surface area contributed by atoms with Crippen molar-refractivity contribution < 1.29 is 10.0 Å². The van der Waals surface area contributed by atoms with Gasteiger partial charge in [0.1, 0.15) is 6.23 Å². The summed E-state index contributed by atoms with van der Waals surface area (Å²) in [6.07, 6.45) is 1.17. The van der Waals surface area contributed by atoms with Gasteiger partial charge in [-0.15, -0.1) is 0 Å². The molecule has 0 aliphatic carbocycles. The van der Waals surface area contributed by atoms with E-state index in [-0.39, 0.29) is 16.0 Å². The summed E-state index contributed by atoms with van der Waals surface area (Å²) in [4.78, 5) is 12.5. The van der Waals surface area contributed by atoms with Crippen molar-refractivity contribution in [2.75, 3.05) is 6.54 Å². The first-order valence-corrected chi connectivity index (χ1v) is 6.53. The molecule has 1 aromatic rings. The number of para-hydroxylation sites is 1. The van der Waals surface area contributed by atoms with E-state index < -0.39 is 6.23 Å². The molecule has 5 heteroatoms. The summed E-state index contributed by atoms with van der Waals surface area (Å²) in [7, 11) is 0. The summed E-state index contributed by atoms with van der Waals surface area (Å²) in [6, 6.07) is 6.72. The van der Waals surface area contributed by atoms with E-state index in [1.807, 2.05) is 4.90 Å². The molecular weight excluding hydrogens is 244 g/mol. The van der Waals surface area contributed by atoms with Crippen LogP contribution in [0.25, 0.3) is 0 Å². The third kappa shape index (κ3) is 3.30. The molecular formula is C14H20N2O3. The molecule has 19 heavy (non-hydrogen) atoms. The number of hydrogen-bond donors (Lipinski definition) is 1. The molecule has 1 aliphatic rings. The van der Waals surface area contributed by atoms with Crippen molar-refractivity contribution in [2.24, 2.45) is 5.41 Å². The van der Waals surface area contributed by atoms with E-state index in [0.717, 1.165) is 13.0 Å². The molecule has 0 bridgehead atoms. The fraction of sp³-hybridized carbons (Fsp3) is 0.571. The van der Waals surface area contributed by atoms with Crippen LogP contribution in [0.4, 0.5) is 5.69 Å². The lowest BCUT2D eigenvalue weighted by atomic mass is 9.81. The van der Waals surface area contributed by atoms with Crippen molar-refractivity contribution in [1.82, 2.24) is 4.90 Å². The van der Waals surface area contributed by atoms with Crippen LogP contribution in [-0.2, 0) is 6.54 Å². The fourth-order valence-corrected chi connectivity index (χ4v) is 2.55. The summed E-state index contributed by atoms with van der Waals surface area (Å²) in [5, 5.41) is 21.1. The molecule has 0 aromatic heterocycles. The van der Waals surface area contributed by atoms with Crippen molar-refractivity contribution >= 4 is 5.69 Å². The lowest BCUT2D eigenvalue weighted by molar-refractivity contribution is -0.385. The Bertz CT molecular complexity index is 474. The highest BCUT2D eigenvalue weighted by Gasteiger charge is 2.32. The lowest BCUT2D eigenvalue weighted by Gasteiger charge is -2.40. The van der Waals surface area contributed by atoms with Crippen molar-refractivity contribution in [2.45, 2.75) is 39.5 Å². The Hall–Kier alpha value is -1.46. The van der Waals surface area contributed by atoms with Gasteiger partial charge in [-0.3, -0.25) is 15.0 Å². The molecule has 1 aliphatic heterocycles. The van der Waals surface area contributed by atoms with Gasteiger partial charge < -0.3 is 5.11 Å². The Balaban J connectivity index is 2.12. The molecule has 1 heterocycles. The average Bonchev–Trinajstić information content (AvgIpc) is 2.32. The van der Waals surface area contributed by atoms with Crippen molar-refractivity contribution in [3.8, 4) is 0 Å². The lowest BCUT2D eigenvalue weighted by Crippen LogP contribution is -2.44. The fourth-order valence-electron chi connectivity index (χ4n) is 2.55. The second-order valence-electron chi connectivity index (χ2n) is 5.96. The zero-order chi connectivity index (χ0) is 14.0. The molecule has 0 amide bonds. The van der Waals surface area contributed by atoms with E-state index in [2.05, 4.69) is 13.8 Å². The minimum atomic E-state index is -0.524. The summed E-state index contributed by atoms with van der Waals surface area (Å²) in [5.74, 6) is 0. The van der Waals surface area contributed by atoms with E-state index >= 15 is 0 Å². The SMILES string of the molecule is CC1(C)CCN(Cc2ccccc2[N+](=O)[O-])C(O)C1. The van der Waals surface area contributed by atoms with Gasteiger partial charge in [-0.2, -0.15) is 0 Å². The molecule has 104 valence electrons. The number of piperidine rings is 1. The molecule has 1 atom stereocenters. The maximum Gasteiger partial charge on any atom is 0.273 e. The van der Waals surface area contributed by atoms with E-state index in [1.165, 1.54) is 6.07 Å². The largest absolute Gasteiger partial charge is 0.378 e. The van der Waals surface area contributed by atoms with Gasteiger partial charge in [-0.05, 0) is 18.3 Å². The molecule has 1 fully saturated rings. The first-order chi connectivity index (χ1) is 8.89. The Kier molecular flexibility index (Phi) is 3.87. The van der Waals surface area contributed by atoms with Crippen LogP contribution in [0, 0.1) is 15.5 Å². The van der Waals surface area contributed by atoms with E-state index in [4.69, 9.17) is 0 Å². The van der Waals surface area contributed by atoms with Crippen LogP contribution >= 0.6 is 0 Å². The van der Waals surface area contributed by atoms with Crippen LogP contribution in [0.2, 0.25) is 0 Å². The highest BCUT2D eigenvalue weighted by molar-refractivity contribution is 5.39. The summed E-state index contributed by atoms with van der Waals surface area (Å²) in [6.45, 7) is 5.46. The molecule has 0 spiro atoms. The molecule has 0 saturated carbocycles. The Morgan fingerprint density at radius 1 is 1.47 bits per heavy atom. The maximum atomic E-state index is 11.0. The number of aliphatic hydroxyl groups excluding tert-OH is 1. The first kappa shape index (κ1) is 14.0. The van der Waals surface area contributed by atoms with Crippen molar-refractivity contribution in [3.05, 3.63) is 39.9 Å². The predicted molar refractivity (Wildman–Crippen MR) is 72.5 cm³/mol. The van der Waals surface area contributed by atoms with Gasteiger partial charge in [-0.25, -0.2) is 0 Å². The van der Waals surface area contributed by atoms with Gasteiger partial charge in [0.25, 0.3) is 5.69 Å². The Labute approximate surface area is 113 Å². The van der Waals surface area contributed by atoms with Gasteiger partial charge in [0, 0.05) is 24.7 Å². The normalized spacial score (nSPS) is 23.2. The maximum absolute atomic E-state index is 11.0. The number of nitro groups is 1. The van der Waals surface area contributed by atoms with Crippen molar-refractivity contribution in [1.29, 1.82) is 0 Å². The average molecular weight is 264 g/mol. The zero-order valence-electron chi connectivity index (χ0n) is 11.4. The Morgan fingerprint density at radius 3 is 2.79 bits per heavy atom. The summed E-state index contributed by atoms with van der Waals surface area (Å²) < 4.78 is 0. The number of likely N-dealkylation sites (tertiary alicyclic amines) is 1.